The van der Waals surface area contributed by atoms with E-state index in [1.165, 1.54) is 12.1 Å². The van der Waals surface area contributed by atoms with E-state index in [2.05, 4.69) is 10.2 Å². The molecule has 5 nitrogen and oxygen atoms in total. The summed E-state index contributed by atoms with van der Waals surface area (Å²) in [5.41, 5.74) is 1.02. The first-order valence-electron chi connectivity index (χ1n) is 8.32. The van der Waals surface area contributed by atoms with Crippen molar-refractivity contribution >= 4 is 36.4 Å². The molecule has 8 heteroatoms. The van der Waals surface area contributed by atoms with Gasteiger partial charge in [0.1, 0.15) is 5.82 Å². The Hall–Kier alpha value is -1.08. The van der Waals surface area contributed by atoms with Crippen LogP contribution in [-0.2, 0) is 9.53 Å². The van der Waals surface area contributed by atoms with E-state index < -0.39 is 0 Å². The molecule has 0 bridgehead atoms. The van der Waals surface area contributed by atoms with Gasteiger partial charge in [-0.05, 0) is 30.7 Å². The number of benzene rings is 1. The van der Waals surface area contributed by atoms with Crippen LogP contribution in [0, 0.1) is 5.82 Å². The van der Waals surface area contributed by atoms with Gasteiger partial charge in [0.2, 0.25) is 5.91 Å². The number of morpholine rings is 1. The summed E-state index contributed by atoms with van der Waals surface area (Å²) in [4.78, 5) is 16.6. The maximum Gasteiger partial charge on any atom is 0.224 e. The summed E-state index contributed by atoms with van der Waals surface area (Å²) in [5.74, 6) is -0.0310. The van der Waals surface area contributed by atoms with Crippen LogP contribution in [0.3, 0.4) is 0 Å². The fraction of sp³-hybridized carbons (Fsp3) is 0.588. The number of nitrogens with zero attached hydrogens (tertiary/aromatic N) is 2. The van der Waals surface area contributed by atoms with Crippen LogP contribution in [0.15, 0.2) is 24.3 Å². The molecule has 1 aromatic rings. The minimum atomic E-state index is -0.220. The van der Waals surface area contributed by atoms with E-state index in [1.54, 1.807) is 12.1 Å². The molecule has 1 aromatic carbocycles. The number of amides is 1. The zero-order valence-corrected chi connectivity index (χ0v) is 15.8. The fourth-order valence-corrected chi connectivity index (χ4v) is 3.17. The first kappa shape index (κ1) is 22.0. The van der Waals surface area contributed by atoms with Crippen LogP contribution >= 0.6 is 24.8 Å². The molecular weight excluding hydrogens is 368 g/mol. The second-order valence-electron chi connectivity index (χ2n) is 6.13. The number of nitrogens with one attached hydrogen (secondary N) is 1. The highest BCUT2D eigenvalue weighted by atomic mass is 35.5. The summed E-state index contributed by atoms with van der Waals surface area (Å²) in [6.07, 6.45) is 1.42. The van der Waals surface area contributed by atoms with E-state index in [9.17, 15) is 9.18 Å². The minimum absolute atomic E-state index is 0. The van der Waals surface area contributed by atoms with Crippen LogP contribution in [0.2, 0.25) is 0 Å². The van der Waals surface area contributed by atoms with Crippen molar-refractivity contribution in [2.45, 2.75) is 18.9 Å². The van der Waals surface area contributed by atoms with Gasteiger partial charge in [0.25, 0.3) is 0 Å². The predicted molar refractivity (Wildman–Crippen MR) is 102 cm³/mol. The Kier molecular flexibility index (Phi) is 9.50. The Morgan fingerprint density at radius 2 is 1.92 bits per heavy atom. The topological polar surface area (TPSA) is 44.8 Å². The molecular formula is C17H26Cl2FN3O2. The molecule has 1 atom stereocenters. The molecule has 0 aliphatic carbocycles. The summed E-state index contributed by atoms with van der Waals surface area (Å²) in [7, 11) is 0. The minimum Gasteiger partial charge on any atom is -0.378 e. The third kappa shape index (κ3) is 6.29. The molecule has 1 unspecified atom stereocenters. The summed E-state index contributed by atoms with van der Waals surface area (Å²) in [6, 6.07) is 6.70. The zero-order valence-electron chi connectivity index (χ0n) is 14.2. The van der Waals surface area contributed by atoms with E-state index in [-0.39, 0.29) is 42.6 Å². The SMILES string of the molecule is Cl.Cl.O=C(CC1COCCN1)N1CCCN(c2ccc(F)cc2)CC1. The Morgan fingerprint density at radius 1 is 1.16 bits per heavy atom. The number of hydrogen-bond donors (Lipinski definition) is 1. The molecule has 2 fully saturated rings. The van der Waals surface area contributed by atoms with E-state index in [0.29, 0.717) is 19.6 Å². The smallest absolute Gasteiger partial charge is 0.224 e. The first-order chi connectivity index (χ1) is 11.2. The van der Waals surface area contributed by atoms with E-state index in [4.69, 9.17) is 4.74 Å². The van der Waals surface area contributed by atoms with Crippen LogP contribution in [0.4, 0.5) is 10.1 Å². The number of anilines is 1. The molecule has 25 heavy (non-hydrogen) atoms. The Labute approximate surface area is 160 Å². The predicted octanol–water partition coefficient (Wildman–Crippen LogP) is 2.09. The van der Waals surface area contributed by atoms with Crippen molar-refractivity contribution in [1.29, 1.82) is 0 Å². The molecule has 1 amide bonds. The normalized spacial score (nSPS) is 20.9. The van der Waals surface area contributed by atoms with Crippen molar-refractivity contribution in [1.82, 2.24) is 10.2 Å². The number of halogens is 3. The lowest BCUT2D eigenvalue weighted by Gasteiger charge is -2.27. The van der Waals surface area contributed by atoms with Crippen LogP contribution in [0.5, 0.6) is 0 Å². The lowest BCUT2D eigenvalue weighted by atomic mass is 10.1. The zero-order chi connectivity index (χ0) is 16.1. The van der Waals surface area contributed by atoms with Gasteiger partial charge in [-0.1, -0.05) is 0 Å². The number of carbonyl (C=O) groups is 1. The van der Waals surface area contributed by atoms with Crippen LogP contribution in [0.25, 0.3) is 0 Å². The molecule has 0 spiro atoms. The number of hydrogen-bond acceptors (Lipinski definition) is 4. The molecule has 2 aliphatic heterocycles. The highest BCUT2D eigenvalue weighted by Gasteiger charge is 2.23. The standard InChI is InChI=1S/C17H24FN3O2.2ClH/c18-14-2-4-16(5-3-14)20-7-1-8-21(10-9-20)17(22)12-15-13-23-11-6-19-15;;/h2-5,15,19H,1,6-13H2;2*1H. The second kappa shape index (κ2) is 10.8. The maximum absolute atomic E-state index is 13.0. The Morgan fingerprint density at radius 3 is 2.60 bits per heavy atom. The van der Waals surface area contributed by atoms with Gasteiger partial charge in [-0.3, -0.25) is 4.79 Å². The van der Waals surface area contributed by atoms with Crippen LogP contribution in [0.1, 0.15) is 12.8 Å². The van der Waals surface area contributed by atoms with Gasteiger partial charge in [0.15, 0.2) is 0 Å². The number of rotatable bonds is 3. The van der Waals surface area contributed by atoms with Gasteiger partial charge in [-0.2, -0.15) is 0 Å². The maximum atomic E-state index is 13.0. The fourth-order valence-electron chi connectivity index (χ4n) is 3.17. The number of ether oxygens (including phenoxy) is 1. The van der Waals surface area contributed by atoms with Gasteiger partial charge in [0.05, 0.1) is 13.2 Å². The second-order valence-corrected chi connectivity index (χ2v) is 6.13. The Balaban J connectivity index is 0.00000156. The molecule has 1 N–H and O–H groups in total. The van der Waals surface area contributed by atoms with E-state index in [1.807, 2.05) is 4.90 Å². The summed E-state index contributed by atoms with van der Waals surface area (Å²) < 4.78 is 18.4. The first-order valence-corrected chi connectivity index (χ1v) is 8.32. The van der Waals surface area contributed by atoms with Gasteiger partial charge in [0, 0.05) is 50.9 Å². The molecule has 2 aliphatic rings. The summed E-state index contributed by atoms with van der Waals surface area (Å²) >= 11 is 0. The van der Waals surface area contributed by atoms with Gasteiger partial charge >= 0.3 is 0 Å². The molecule has 2 heterocycles. The average molecular weight is 394 g/mol. The van der Waals surface area contributed by atoms with Gasteiger partial charge < -0.3 is 19.9 Å². The van der Waals surface area contributed by atoms with Gasteiger partial charge in [-0.25, -0.2) is 4.39 Å². The third-order valence-corrected chi connectivity index (χ3v) is 4.46. The highest BCUT2D eigenvalue weighted by Crippen LogP contribution is 2.17. The van der Waals surface area contributed by atoms with Crippen molar-refractivity contribution in [3.05, 3.63) is 30.1 Å². The van der Waals surface area contributed by atoms with Crippen LogP contribution < -0.4 is 10.2 Å². The quantitative estimate of drug-likeness (QED) is 0.853. The molecule has 3 rings (SSSR count). The van der Waals surface area contributed by atoms with Crippen LogP contribution in [-0.4, -0.2) is 62.8 Å². The Bertz CT molecular complexity index is 527. The lowest BCUT2D eigenvalue weighted by molar-refractivity contribution is -0.132. The summed E-state index contributed by atoms with van der Waals surface area (Å²) in [6.45, 7) is 5.32. The monoisotopic (exact) mass is 393 g/mol. The van der Waals surface area contributed by atoms with Crippen molar-refractivity contribution in [3.63, 3.8) is 0 Å². The molecule has 2 saturated heterocycles. The van der Waals surface area contributed by atoms with Crippen molar-refractivity contribution in [2.24, 2.45) is 0 Å². The molecule has 0 radical (unpaired) electrons. The van der Waals surface area contributed by atoms with E-state index in [0.717, 1.165) is 44.9 Å². The molecule has 142 valence electrons. The number of carbonyl (C=O) groups excluding carboxylic acids is 1. The van der Waals surface area contributed by atoms with E-state index >= 15 is 0 Å². The average Bonchev–Trinajstić information content (AvgIpc) is 2.83. The van der Waals surface area contributed by atoms with Crippen molar-refractivity contribution < 1.29 is 13.9 Å². The largest absolute Gasteiger partial charge is 0.378 e. The third-order valence-electron chi connectivity index (χ3n) is 4.46. The molecule has 0 saturated carbocycles. The lowest BCUT2D eigenvalue weighted by Crippen LogP contribution is -2.45. The van der Waals surface area contributed by atoms with Crippen molar-refractivity contribution in [3.8, 4) is 0 Å². The molecule has 0 aromatic heterocycles. The van der Waals surface area contributed by atoms with Crippen molar-refractivity contribution in [2.75, 3.05) is 50.8 Å². The van der Waals surface area contributed by atoms with Gasteiger partial charge in [-0.15, -0.1) is 24.8 Å². The summed E-state index contributed by atoms with van der Waals surface area (Å²) in [5, 5.41) is 3.33. The highest BCUT2D eigenvalue weighted by molar-refractivity contribution is 5.85.